The van der Waals surface area contributed by atoms with Gasteiger partial charge in [-0.25, -0.2) is 14.6 Å². The molecule has 9 heteroatoms. The Balaban J connectivity index is 1.37. The molecule has 1 unspecified atom stereocenters. The molecular weight excluding hydrogens is 394 g/mol. The van der Waals surface area contributed by atoms with Gasteiger partial charge < -0.3 is 5.32 Å². The fourth-order valence-corrected chi connectivity index (χ4v) is 3.60. The van der Waals surface area contributed by atoms with E-state index >= 15 is 0 Å². The molecule has 31 heavy (non-hydrogen) atoms. The number of aryl methyl sites for hydroxylation is 3. The van der Waals surface area contributed by atoms with Gasteiger partial charge in [-0.1, -0.05) is 6.92 Å². The Morgan fingerprint density at radius 2 is 1.97 bits per heavy atom. The number of nitrogens with one attached hydrogen (secondary N) is 1. The van der Waals surface area contributed by atoms with Gasteiger partial charge in [0.05, 0.1) is 23.3 Å². The van der Waals surface area contributed by atoms with Crippen molar-refractivity contribution in [1.29, 1.82) is 0 Å². The molecule has 1 aliphatic rings. The van der Waals surface area contributed by atoms with E-state index in [1.165, 1.54) is 0 Å². The van der Waals surface area contributed by atoms with E-state index in [4.69, 9.17) is 0 Å². The summed E-state index contributed by atoms with van der Waals surface area (Å²) in [6.45, 7) is 6.98. The maximum atomic E-state index is 12.8. The highest BCUT2D eigenvalue weighted by Gasteiger charge is 2.27. The molecule has 9 nitrogen and oxygen atoms in total. The molecule has 0 saturated carbocycles. The average molecular weight is 419 g/mol. The van der Waals surface area contributed by atoms with Gasteiger partial charge in [-0.2, -0.15) is 5.10 Å². The maximum Gasteiger partial charge on any atom is 0.228 e. The van der Waals surface area contributed by atoms with Crippen molar-refractivity contribution in [3.8, 4) is 11.3 Å². The van der Waals surface area contributed by atoms with Crippen LogP contribution < -0.4 is 10.2 Å². The Morgan fingerprint density at radius 1 is 1.13 bits per heavy atom. The van der Waals surface area contributed by atoms with Crippen LogP contribution in [-0.2, 0) is 16.1 Å². The molecule has 160 valence electrons. The van der Waals surface area contributed by atoms with Gasteiger partial charge in [0, 0.05) is 49.5 Å². The molecule has 0 spiro atoms. The molecule has 0 aromatic carbocycles. The summed E-state index contributed by atoms with van der Waals surface area (Å²) in [7, 11) is 0. The summed E-state index contributed by atoms with van der Waals surface area (Å²) in [5.74, 6) is 0.421. The smallest absolute Gasteiger partial charge is 0.228 e. The number of fused-ring (bicyclic) bond motifs is 1. The predicted molar refractivity (Wildman–Crippen MR) is 116 cm³/mol. The Hall–Kier alpha value is -3.62. The quantitative estimate of drug-likeness (QED) is 0.682. The van der Waals surface area contributed by atoms with Gasteiger partial charge in [-0.15, -0.1) is 0 Å². The Bertz CT molecular complexity index is 1110. The van der Waals surface area contributed by atoms with Crippen molar-refractivity contribution in [3.63, 3.8) is 0 Å². The van der Waals surface area contributed by atoms with E-state index in [0.717, 1.165) is 41.4 Å². The predicted octanol–water partition coefficient (Wildman–Crippen LogP) is 2.75. The Morgan fingerprint density at radius 3 is 2.71 bits per heavy atom. The number of amides is 2. The normalized spacial score (nSPS) is 14.1. The van der Waals surface area contributed by atoms with Crippen molar-refractivity contribution >= 4 is 23.5 Å². The first-order valence-electron chi connectivity index (χ1n) is 10.3. The number of pyridine rings is 1. The lowest BCUT2D eigenvalue weighted by Crippen LogP contribution is -2.39. The number of carbonyl (C=O) groups is 2. The summed E-state index contributed by atoms with van der Waals surface area (Å²) >= 11 is 0. The van der Waals surface area contributed by atoms with Crippen LogP contribution in [-0.4, -0.2) is 43.1 Å². The molecule has 3 aromatic heterocycles. The standard InChI is InChI=1S/C22H25N7O2/c1-14(9-21(30)28-7-4-8-29-20(28)10-15(2)27-29)22(31)26-19-6-5-17(12-24-19)18-13-23-11-16(3)25-18/h5-6,10-14H,4,7-9H2,1-3H3,(H,24,26,31). The van der Waals surface area contributed by atoms with Crippen LogP contribution in [0.25, 0.3) is 11.3 Å². The van der Waals surface area contributed by atoms with Crippen molar-refractivity contribution in [2.75, 3.05) is 16.8 Å². The van der Waals surface area contributed by atoms with Crippen LogP contribution in [0.2, 0.25) is 0 Å². The third kappa shape index (κ3) is 4.60. The minimum atomic E-state index is -0.490. The minimum absolute atomic E-state index is 0.0789. The molecule has 4 rings (SSSR count). The van der Waals surface area contributed by atoms with Crippen molar-refractivity contribution in [3.05, 3.63) is 48.2 Å². The van der Waals surface area contributed by atoms with Gasteiger partial charge >= 0.3 is 0 Å². The lowest BCUT2D eigenvalue weighted by Gasteiger charge is -2.28. The first-order chi connectivity index (χ1) is 14.9. The number of nitrogens with zero attached hydrogens (tertiary/aromatic N) is 6. The molecule has 3 aromatic rings. The fraction of sp³-hybridized carbons (Fsp3) is 0.364. The number of rotatable bonds is 5. The van der Waals surface area contributed by atoms with Gasteiger partial charge in [0.1, 0.15) is 11.6 Å². The van der Waals surface area contributed by atoms with Crippen LogP contribution in [0.3, 0.4) is 0 Å². The average Bonchev–Trinajstić information content (AvgIpc) is 3.14. The highest BCUT2D eigenvalue weighted by Crippen LogP contribution is 2.24. The molecule has 0 saturated heterocycles. The van der Waals surface area contributed by atoms with Gasteiger partial charge in [-0.05, 0) is 32.4 Å². The van der Waals surface area contributed by atoms with E-state index in [-0.39, 0.29) is 18.2 Å². The number of anilines is 2. The van der Waals surface area contributed by atoms with Crippen LogP contribution in [0, 0.1) is 19.8 Å². The molecule has 2 amide bonds. The van der Waals surface area contributed by atoms with Gasteiger partial charge in [0.2, 0.25) is 11.8 Å². The third-order valence-corrected chi connectivity index (χ3v) is 5.20. The second-order valence-electron chi connectivity index (χ2n) is 7.84. The first kappa shape index (κ1) is 20.6. The topological polar surface area (TPSA) is 106 Å². The van der Waals surface area contributed by atoms with E-state index in [0.29, 0.717) is 12.4 Å². The maximum absolute atomic E-state index is 12.8. The lowest BCUT2D eigenvalue weighted by atomic mass is 10.1. The van der Waals surface area contributed by atoms with Crippen molar-refractivity contribution < 1.29 is 9.59 Å². The van der Waals surface area contributed by atoms with E-state index in [1.807, 2.05) is 30.7 Å². The Labute approximate surface area is 180 Å². The number of hydrogen-bond donors (Lipinski definition) is 1. The number of hydrogen-bond acceptors (Lipinski definition) is 6. The Kier molecular flexibility index (Phi) is 5.75. The second kappa shape index (κ2) is 8.63. The highest BCUT2D eigenvalue weighted by atomic mass is 16.2. The lowest BCUT2D eigenvalue weighted by molar-refractivity contribution is -0.125. The summed E-state index contributed by atoms with van der Waals surface area (Å²) in [5.41, 5.74) is 3.24. The van der Waals surface area contributed by atoms with E-state index in [2.05, 4.69) is 25.4 Å². The fourth-order valence-electron chi connectivity index (χ4n) is 3.60. The SMILES string of the molecule is Cc1cncc(-c2ccc(NC(=O)C(C)CC(=O)N3CCCn4nc(C)cc43)nc2)n1. The van der Waals surface area contributed by atoms with E-state index in [1.54, 1.807) is 36.5 Å². The summed E-state index contributed by atoms with van der Waals surface area (Å²) in [6, 6.07) is 5.46. The second-order valence-corrected chi connectivity index (χ2v) is 7.84. The van der Waals surface area contributed by atoms with Crippen LogP contribution in [0.4, 0.5) is 11.6 Å². The van der Waals surface area contributed by atoms with E-state index < -0.39 is 5.92 Å². The number of carbonyl (C=O) groups excluding carboxylic acids is 2. The molecule has 0 radical (unpaired) electrons. The largest absolute Gasteiger partial charge is 0.310 e. The van der Waals surface area contributed by atoms with Crippen LogP contribution in [0.15, 0.2) is 36.8 Å². The summed E-state index contributed by atoms with van der Waals surface area (Å²) in [4.78, 5) is 40.0. The molecule has 1 atom stereocenters. The molecule has 1 aliphatic heterocycles. The van der Waals surface area contributed by atoms with Crippen LogP contribution >= 0.6 is 0 Å². The molecule has 0 fully saturated rings. The molecule has 0 aliphatic carbocycles. The van der Waals surface area contributed by atoms with Crippen LogP contribution in [0.1, 0.15) is 31.2 Å². The highest BCUT2D eigenvalue weighted by molar-refractivity contribution is 5.98. The van der Waals surface area contributed by atoms with Gasteiger partial charge in [0.25, 0.3) is 0 Å². The van der Waals surface area contributed by atoms with Gasteiger partial charge in [0.15, 0.2) is 0 Å². The number of aromatic nitrogens is 5. The first-order valence-corrected chi connectivity index (χ1v) is 10.3. The molecule has 1 N–H and O–H groups in total. The van der Waals surface area contributed by atoms with Gasteiger partial charge in [-0.3, -0.25) is 19.5 Å². The van der Waals surface area contributed by atoms with E-state index in [9.17, 15) is 9.59 Å². The third-order valence-electron chi connectivity index (χ3n) is 5.20. The zero-order valence-electron chi connectivity index (χ0n) is 17.9. The zero-order valence-corrected chi connectivity index (χ0v) is 17.9. The van der Waals surface area contributed by atoms with Crippen molar-refractivity contribution in [1.82, 2.24) is 24.7 Å². The molecular formula is C22H25N7O2. The summed E-state index contributed by atoms with van der Waals surface area (Å²) < 4.78 is 1.85. The molecule has 0 bridgehead atoms. The van der Waals surface area contributed by atoms with Crippen molar-refractivity contribution in [2.24, 2.45) is 5.92 Å². The van der Waals surface area contributed by atoms with Crippen LogP contribution in [0.5, 0.6) is 0 Å². The zero-order chi connectivity index (χ0) is 22.0. The summed E-state index contributed by atoms with van der Waals surface area (Å²) in [5, 5.41) is 7.20. The summed E-state index contributed by atoms with van der Waals surface area (Å²) in [6.07, 6.45) is 5.97. The monoisotopic (exact) mass is 419 g/mol. The van der Waals surface area contributed by atoms with Crippen molar-refractivity contribution in [2.45, 2.75) is 40.2 Å². The molecule has 4 heterocycles. The minimum Gasteiger partial charge on any atom is -0.310 e.